The lowest BCUT2D eigenvalue weighted by molar-refractivity contribution is -0.141. The molecule has 1 aromatic carbocycles. The standard InChI is InChI=1S/C16H20F3NO2/c1-10-3-4-11(5-14(10)16(17,18)19)15(21)6-12-8-22-9-13(7-15)20(12)2/h3-5,12-13,21H,6-9H2,1-2H3. The van der Waals surface area contributed by atoms with E-state index >= 15 is 0 Å². The molecule has 2 atom stereocenters. The third-order valence-electron chi connectivity index (χ3n) is 5.00. The Labute approximate surface area is 127 Å². The van der Waals surface area contributed by atoms with Crippen LogP contribution in [-0.2, 0) is 16.5 Å². The monoisotopic (exact) mass is 315 g/mol. The number of nitrogens with zero attached hydrogens (tertiary/aromatic N) is 1. The van der Waals surface area contributed by atoms with Crippen LogP contribution >= 0.6 is 0 Å². The second-order valence-electron chi connectivity index (χ2n) is 6.48. The van der Waals surface area contributed by atoms with Gasteiger partial charge in [0.25, 0.3) is 0 Å². The number of ether oxygens (including phenoxy) is 1. The lowest BCUT2D eigenvalue weighted by Gasteiger charge is -2.50. The van der Waals surface area contributed by atoms with Crippen LogP contribution in [0.5, 0.6) is 0 Å². The topological polar surface area (TPSA) is 32.7 Å². The predicted molar refractivity (Wildman–Crippen MR) is 75.5 cm³/mol. The smallest absolute Gasteiger partial charge is 0.385 e. The van der Waals surface area contributed by atoms with Gasteiger partial charge in [0.2, 0.25) is 0 Å². The van der Waals surface area contributed by atoms with Crippen LogP contribution in [0.2, 0.25) is 0 Å². The van der Waals surface area contributed by atoms with Crippen molar-refractivity contribution in [3.8, 4) is 0 Å². The molecule has 1 N–H and O–H groups in total. The minimum Gasteiger partial charge on any atom is -0.385 e. The zero-order valence-corrected chi connectivity index (χ0v) is 12.7. The van der Waals surface area contributed by atoms with E-state index in [-0.39, 0.29) is 17.6 Å². The molecule has 3 nitrogen and oxygen atoms in total. The molecule has 2 heterocycles. The van der Waals surface area contributed by atoms with Crippen molar-refractivity contribution >= 4 is 0 Å². The molecule has 0 spiro atoms. The van der Waals surface area contributed by atoms with Gasteiger partial charge in [-0.1, -0.05) is 12.1 Å². The summed E-state index contributed by atoms with van der Waals surface area (Å²) in [6.45, 7) is 2.45. The van der Waals surface area contributed by atoms with Crippen LogP contribution in [0.15, 0.2) is 18.2 Å². The molecule has 2 bridgehead atoms. The molecular formula is C16H20F3NO2. The Kier molecular flexibility index (Phi) is 3.74. The fourth-order valence-corrected chi connectivity index (χ4v) is 3.59. The molecule has 2 aliphatic heterocycles. The number of piperidine rings is 1. The fourth-order valence-electron chi connectivity index (χ4n) is 3.59. The lowest BCUT2D eigenvalue weighted by atomic mass is 9.76. The van der Waals surface area contributed by atoms with Crippen molar-refractivity contribution in [2.75, 3.05) is 20.3 Å². The number of hydrogen-bond acceptors (Lipinski definition) is 3. The van der Waals surface area contributed by atoms with Gasteiger partial charge in [0.05, 0.1) is 24.4 Å². The van der Waals surface area contributed by atoms with E-state index in [1.54, 1.807) is 6.07 Å². The largest absolute Gasteiger partial charge is 0.416 e. The molecule has 0 aromatic heterocycles. The Morgan fingerprint density at radius 1 is 1.23 bits per heavy atom. The number of rotatable bonds is 1. The van der Waals surface area contributed by atoms with Gasteiger partial charge in [-0.25, -0.2) is 0 Å². The van der Waals surface area contributed by atoms with E-state index in [0.29, 0.717) is 31.6 Å². The first kappa shape index (κ1) is 15.8. The van der Waals surface area contributed by atoms with E-state index in [1.807, 2.05) is 7.05 Å². The maximum absolute atomic E-state index is 13.1. The van der Waals surface area contributed by atoms with Crippen LogP contribution < -0.4 is 0 Å². The molecule has 2 aliphatic rings. The van der Waals surface area contributed by atoms with Crippen molar-refractivity contribution in [3.63, 3.8) is 0 Å². The summed E-state index contributed by atoms with van der Waals surface area (Å²) in [6.07, 6.45) is -3.62. The van der Waals surface area contributed by atoms with E-state index in [9.17, 15) is 18.3 Å². The second kappa shape index (κ2) is 5.22. The van der Waals surface area contributed by atoms with Gasteiger partial charge >= 0.3 is 6.18 Å². The Morgan fingerprint density at radius 2 is 1.82 bits per heavy atom. The van der Waals surface area contributed by atoms with Crippen molar-refractivity contribution in [1.29, 1.82) is 0 Å². The Morgan fingerprint density at radius 3 is 2.36 bits per heavy atom. The molecular weight excluding hydrogens is 295 g/mol. The number of halogens is 3. The summed E-state index contributed by atoms with van der Waals surface area (Å²) < 4.78 is 44.8. The van der Waals surface area contributed by atoms with E-state index in [2.05, 4.69) is 4.90 Å². The zero-order valence-electron chi connectivity index (χ0n) is 12.7. The first-order valence-electron chi connectivity index (χ1n) is 7.41. The molecule has 6 heteroatoms. The summed E-state index contributed by atoms with van der Waals surface area (Å²) in [5, 5.41) is 11.0. The maximum atomic E-state index is 13.1. The Balaban J connectivity index is 1.97. The number of aliphatic hydroxyl groups is 1. The first-order valence-corrected chi connectivity index (χ1v) is 7.41. The summed E-state index contributed by atoms with van der Waals surface area (Å²) in [5.74, 6) is 0. The van der Waals surface area contributed by atoms with Gasteiger partial charge in [0, 0.05) is 12.1 Å². The van der Waals surface area contributed by atoms with Crippen LogP contribution in [0.3, 0.4) is 0 Å². The van der Waals surface area contributed by atoms with Crippen molar-refractivity contribution in [1.82, 2.24) is 4.90 Å². The van der Waals surface area contributed by atoms with Gasteiger partial charge in [-0.15, -0.1) is 0 Å². The maximum Gasteiger partial charge on any atom is 0.416 e. The number of aryl methyl sites for hydroxylation is 1. The van der Waals surface area contributed by atoms with Gasteiger partial charge in [-0.05, 0) is 44.0 Å². The summed E-state index contributed by atoms with van der Waals surface area (Å²) in [6, 6.07) is 4.24. The van der Waals surface area contributed by atoms with Gasteiger partial charge in [0.15, 0.2) is 0 Å². The minimum absolute atomic E-state index is 0.0353. The SMILES string of the molecule is Cc1ccc(C2(O)CC3COCC(C2)N3C)cc1C(F)(F)F. The molecule has 2 unspecified atom stereocenters. The summed E-state index contributed by atoms with van der Waals surface area (Å²) in [7, 11) is 1.98. The van der Waals surface area contributed by atoms with Crippen LogP contribution in [0.4, 0.5) is 13.2 Å². The summed E-state index contributed by atoms with van der Waals surface area (Å²) in [5.41, 5.74) is -1.36. The number of morpholine rings is 1. The predicted octanol–water partition coefficient (Wildman–Crippen LogP) is 2.69. The zero-order chi connectivity index (χ0) is 16.1. The number of likely N-dealkylation sites (N-methyl/N-ethyl adjacent to an activating group) is 1. The summed E-state index contributed by atoms with van der Waals surface area (Å²) >= 11 is 0. The number of hydrogen-bond donors (Lipinski definition) is 1. The highest BCUT2D eigenvalue weighted by molar-refractivity contribution is 5.36. The Hall–Kier alpha value is -1.11. The molecule has 3 rings (SSSR count). The molecule has 0 amide bonds. The van der Waals surface area contributed by atoms with Gasteiger partial charge in [0.1, 0.15) is 0 Å². The van der Waals surface area contributed by atoms with E-state index < -0.39 is 17.3 Å². The third kappa shape index (κ3) is 2.64. The Bertz CT molecular complexity index is 559. The fraction of sp³-hybridized carbons (Fsp3) is 0.625. The minimum atomic E-state index is -4.40. The molecule has 0 aliphatic carbocycles. The highest BCUT2D eigenvalue weighted by atomic mass is 19.4. The van der Waals surface area contributed by atoms with Crippen LogP contribution in [0.1, 0.15) is 29.5 Å². The van der Waals surface area contributed by atoms with Gasteiger partial charge in [-0.3, -0.25) is 4.90 Å². The average molecular weight is 315 g/mol. The number of benzene rings is 1. The average Bonchev–Trinajstić information content (AvgIpc) is 2.40. The molecule has 22 heavy (non-hydrogen) atoms. The molecule has 122 valence electrons. The van der Waals surface area contributed by atoms with Gasteiger partial charge < -0.3 is 9.84 Å². The molecule has 1 aromatic rings. The van der Waals surface area contributed by atoms with Crippen LogP contribution in [0.25, 0.3) is 0 Å². The van der Waals surface area contributed by atoms with Gasteiger partial charge in [-0.2, -0.15) is 13.2 Å². The lowest BCUT2D eigenvalue weighted by Crippen LogP contribution is -2.59. The van der Waals surface area contributed by atoms with Crippen molar-refractivity contribution in [2.45, 2.75) is 43.6 Å². The quantitative estimate of drug-likeness (QED) is 0.865. The van der Waals surface area contributed by atoms with Crippen molar-refractivity contribution < 1.29 is 23.0 Å². The highest BCUT2D eigenvalue weighted by Gasteiger charge is 2.46. The van der Waals surface area contributed by atoms with Crippen molar-refractivity contribution in [2.24, 2.45) is 0 Å². The normalized spacial score (nSPS) is 33.0. The highest BCUT2D eigenvalue weighted by Crippen LogP contribution is 2.42. The van der Waals surface area contributed by atoms with Crippen LogP contribution in [0, 0.1) is 6.92 Å². The molecule has 2 fully saturated rings. The molecule has 0 radical (unpaired) electrons. The second-order valence-corrected chi connectivity index (χ2v) is 6.48. The molecule has 0 saturated carbocycles. The van der Waals surface area contributed by atoms with Crippen LogP contribution in [-0.4, -0.2) is 42.4 Å². The molecule has 2 saturated heterocycles. The number of fused-ring (bicyclic) bond motifs is 2. The van der Waals surface area contributed by atoms with E-state index in [0.717, 1.165) is 6.07 Å². The number of alkyl halides is 3. The third-order valence-corrected chi connectivity index (χ3v) is 5.00. The first-order chi connectivity index (χ1) is 10.2. The van der Waals surface area contributed by atoms with E-state index in [4.69, 9.17) is 4.74 Å². The van der Waals surface area contributed by atoms with Crippen molar-refractivity contribution in [3.05, 3.63) is 34.9 Å². The summed E-state index contributed by atoms with van der Waals surface area (Å²) in [4.78, 5) is 2.16. The van der Waals surface area contributed by atoms with E-state index in [1.165, 1.54) is 13.0 Å².